The summed E-state index contributed by atoms with van der Waals surface area (Å²) in [6.07, 6.45) is 0. The highest BCUT2D eigenvalue weighted by Crippen LogP contribution is 2.23. The molecule has 108 valence electrons. The molecule has 6 N–H and O–H groups in total. The topological polar surface area (TPSA) is 133 Å². The lowest BCUT2D eigenvalue weighted by Crippen LogP contribution is -2.56. The molecule has 0 amide bonds. The van der Waals surface area contributed by atoms with Gasteiger partial charge in [-0.2, -0.15) is 4.72 Å². The van der Waals surface area contributed by atoms with Gasteiger partial charge in [0.2, 0.25) is 10.0 Å². The van der Waals surface area contributed by atoms with Gasteiger partial charge in [-0.1, -0.05) is 11.6 Å². The number of aliphatic hydroxyl groups is 3. The van der Waals surface area contributed by atoms with Crippen LogP contribution in [0, 0.1) is 0 Å². The first-order valence-electron chi connectivity index (χ1n) is 5.22. The Balaban J connectivity index is 3.17. The van der Waals surface area contributed by atoms with E-state index < -0.39 is 35.4 Å². The minimum absolute atomic E-state index is 0.0808. The molecule has 0 heterocycles. The molecular formula is C10H15ClN2O5S. The number of nitrogens with one attached hydrogen (secondary N) is 1. The molecule has 1 aromatic rings. The minimum atomic E-state index is -4.12. The van der Waals surface area contributed by atoms with Crippen molar-refractivity contribution in [3.05, 3.63) is 23.2 Å². The molecule has 19 heavy (non-hydrogen) atoms. The third-order valence-corrected chi connectivity index (χ3v) is 4.41. The Hall–Kier alpha value is -0.900. The molecule has 0 unspecified atom stereocenters. The molecule has 1 rings (SSSR count). The van der Waals surface area contributed by atoms with Crippen molar-refractivity contribution < 1.29 is 23.7 Å². The van der Waals surface area contributed by atoms with Crippen LogP contribution < -0.4 is 10.5 Å². The van der Waals surface area contributed by atoms with Crippen LogP contribution in [0.15, 0.2) is 23.1 Å². The van der Waals surface area contributed by atoms with Gasteiger partial charge in [0.1, 0.15) is 10.4 Å². The number of hydrogen-bond donors (Lipinski definition) is 5. The largest absolute Gasteiger partial charge is 0.398 e. The molecule has 9 heteroatoms. The number of halogens is 1. The molecule has 0 aromatic heterocycles. The smallest absolute Gasteiger partial charge is 0.243 e. The van der Waals surface area contributed by atoms with Crippen LogP contribution >= 0.6 is 11.6 Å². The van der Waals surface area contributed by atoms with Crippen molar-refractivity contribution in [3.8, 4) is 0 Å². The average molecular weight is 311 g/mol. The molecule has 0 saturated carbocycles. The fourth-order valence-corrected chi connectivity index (χ4v) is 3.02. The first-order valence-corrected chi connectivity index (χ1v) is 7.08. The molecule has 0 aliphatic heterocycles. The summed E-state index contributed by atoms with van der Waals surface area (Å²) in [5.41, 5.74) is 3.72. The molecular weight excluding hydrogens is 296 g/mol. The molecule has 1 aromatic carbocycles. The van der Waals surface area contributed by atoms with Crippen molar-refractivity contribution in [3.63, 3.8) is 0 Å². The van der Waals surface area contributed by atoms with Gasteiger partial charge in [0.15, 0.2) is 0 Å². The molecule has 7 nitrogen and oxygen atoms in total. The van der Waals surface area contributed by atoms with Gasteiger partial charge in [0, 0.05) is 5.02 Å². The predicted molar refractivity (Wildman–Crippen MR) is 70.2 cm³/mol. The van der Waals surface area contributed by atoms with Gasteiger partial charge in [-0.3, -0.25) is 0 Å². The Morgan fingerprint density at radius 1 is 1.21 bits per heavy atom. The Labute approximate surface area is 115 Å². The summed E-state index contributed by atoms with van der Waals surface area (Å²) in [5, 5.41) is 27.6. The SMILES string of the molecule is Nc1cc(Cl)ccc1S(=O)(=O)NC(CO)(CO)CO. The first kappa shape index (κ1) is 16.2. The summed E-state index contributed by atoms with van der Waals surface area (Å²) < 4.78 is 26.2. The van der Waals surface area contributed by atoms with Gasteiger partial charge in [-0.25, -0.2) is 8.42 Å². The van der Waals surface area contributed by atoms with Gasteiger partial charge in [0.05, 0.1) is 25.5 Å². The zero-order valence-corrected chi connectivity index (χ0v) is 11.4. The van der Waals surface area contributed by atoms with Crippen LogP contribution in [0.1, 0.15) is 0 Å². The summed E-state index contributed by atoms with van der Waals surface area (Å²) in [7, 11) is -4.12. The summed E-state index contributed by atoms with van der Waals surface area (Å²) in [4.78, 5) is -0.253. The molecule has 0 saturated heterocycles. The minimum Gasteiger partial charge on any atom is -0.398 e. The van der Waals surface area contributed by atoms with Crippen LogP contribution in [-0.2, 0) is 10.0 Å². The number of sulfonamides is 1. The third-order valence-electron chi connectivity index (χ3n) is 2.52. The molecule has 0 spiro atoms. The zero-order valence-electron chi connectivity index (χ0n) is 9.88. The van der Waals surface area contributed by atoms with Crippen molar-refractivity contribution in [2.45, 2.75) is 10.4 Å². The summed E-state index contributed by atoms with van der Waals surface area (Å²) in [5.74, 6) is 0. The molecule has 0 aliphatic carbocycles. The lowest BCUT2D eigenvalue weighted by molar-refractivity contribution is 0.0582. The van der Waals surface area contributed by atoms with E-state index in [4.69, 9.17) is 32.7 Å². The molecule has 0 radical (unpaired) electrons. The van der Waals surface area contributed by atoms with E-state index in [9.17, 15) is 8.42 Å². The third kappa shape index (κ3) is 3.56. The second-order valence-corrected chi connectivity index (χ2v) is 6.13. The van der Waals surface area contributed by atoms with Crippen molar-refractivity contribution in [2.75, 3.05) is 25.6 Å². The normalized spacial score (nSPS) is 12.6. The lowest BCUT2D eigenvalue weighted by atomic mass is 10.1. The highest BCUT2D eigenvalue weighted by Gasteiger charge is 2.34. The van der Waals surface area contributed by atoms with Gasteiger partial charge in [-0.05, 0) is 18.2 Å². The molecule has 0 bridgehead atoms. The summed E-state index contributed by atoms with van der Waals surface area (Å²) in [6, 6.07) is 3.79. The zero-order chi connectivity index (χ0) is 14.7. The van der Waals surface area contributed by atoms with Gasteiger partial charge < -0.3 is 21.1 Å². The van der Waals surface area contributed by atoms with E-state index in [-0.39, 0.29) is 15.6 Å². The van der Waals surface area contributed by atoms with Crippen LogP contribution in [0.2, 0.25) is 5.02 Å². The molecule has 0 aliphatic rings. The Morgan fingerprint density at radius 2 is 1.74 bits per heavy atom. The van der Waals surface area contributed by atoms with Crippen LogP contribution in [0.5, 0.6) is 0 Å². The number of anilines is 1. The van der Waals surface area contributed by atoms with Gasteiger partial charge >= 0.3 is 0 Å². The Morgan fingerprint density at radius 3 is 2.16 bits per heavy atom. The van der Waals surface area contributed by atoms with Crippen LogP contribution in [0.4, 0.5) is 5.69 Å². The summed E-state index contributed by atoms with van der Waals surface area (Å²) in [6.45, 7) is -2.31. The Kier molecular flexibility index (Phi) is 5.13. The van der Waals surface area contributed by atoms with E-state index in [0.29, 0.717) is 0 Å². The van der Waals surface area contributed by atoms with Gasteiger partial charge in [0.25, 0.3) is 0 Å². The van der Waals surface area contributed by atoms with E-state index >= 15 is 0 Å². The second-order valence-electron chi connectivity index (χ2n) is 4.04. The van der Waals surface area contributed by atoms with Crippen LogP contribution in [-0.4, -0.2) is 49.1 Å². The highest BCUT2D eigenvalue weighted by atomic mass is 35.5. The quantitative estimate of drug-likeness (QED) is 0.424. The van der Waals surface area contributed by atoms with Crippen molar-refractivity contribution in [1.82, 2.24) is 4.72 Å². The fraction of sp³-hybridized carbons (Fsp3) is 0.400. The number of nitrogens with two attached hydrogens (primary N) is 1. The maximum absolute atomic E-state index is 12.1. The summed E-state index contributed by atoms with van der Waals surface area (Å²) >= 11 is 5.67. The lowest BCUT2D eigenvalue weighted by Gasteiger charge is -2.28. The van der Waals surface area contributed by atoms with E-state index in [1.165, 1.54) is 18.2 Å². The number of nitrogen functional groups attached to an aromatic ring is 1. The fourth-order valence-electron chi connectivity index (χ4n) is 1.35. The predicted octanol–water partition coefficient (Wildman–Crippen LogP) is -1.08. The van der Waals surface area contributed by atoms with E-state index in [1.807, 2.05) is 4.72 Å². The number of aliphatic hydroxyl groups excluding tert-OH is 3. The highest BCUT2D eigenvalue weighted by molar-refractivity contribution is 7.89. The number of hydrogen-bond acceptors (Lipinski definition) is 6. The first-order chi connectivity index (χ1) is 8.80. The van der Waals surface area contributed by atoms with Crippen LogP contribution in [0.3, 0.4) is 0 Å². The monoisotopic (exact) mass is 310 g/mol. The Bertz CT molecular complexity index is 537. The maximum atomic E-state index is 12.1. The van der Waals surface area contributed by atoms with E-state index in [0.717, 1.165) is 0 Å². The van der Waals surface area contributed by atoms with Crippen molar-refractivity contribution >= 4 is 27.3 Å². The maximum Gasteiger partial charge on any atom is 0.243 e. The number of rotatable bonds is 6. The average Bonchev–Trinajstić information content (AvgIpc) is 2.35. The van der Waals surface area contributed by atoms with E-state index in [2.05, 4.69) is 0 Å². The molecule has 0 atom stereocenters. The second kappa shape index (κ2) is 6.04. The van der Waals surface area contributed by atoms with Gasteiger partial charge in [-0.15, -0.1) is 0 Å². The molecule has 0 fully saturated rings. The number of benzene rings is 1. The van der Waals surface area contributed by atoms with Crippen LogP contribution in [0.25, 0.3) is 0 Å². The van der Waals surface area contributed by atoms with E-state index in [1.54, 1.807) is 0 Å². The van der Waals surface area contributed by atoms with Crippen molar-refractivity contribution in [1.29, 1.82) is 0 Å². The standard InChI is InChI=1S/C10H15ClN2O5S/c11-7-1-2-9(8(12)3-7)19(17,18)13-10(4-14,5-15)6-16/h1-3,13-16H,4-6,12H2. The van der Waals surface area contributed by atoms with Crippen molar-refractivity contribution in [2.24, 2.45) is 0 Å².